The van der Waals surface area contributed by atoms with Gasteiger partial charge in [-0.05, 0) is 43.7 Å². The fourth-order valence-corrected chi connectivity index (χ4v) is 2.55. The molecule has 0 radical (unpaired) electrons. The molecule has 2 amide bonds. The molecule has 2 aromatic rings. The van der Waals surface area contributed by atoms with E-state index in [1.807, 2.05) is 31.2 Å². The molecule has 0 bridgehead atoms. The van der Waals surface area contributed by atoms with E-state index in [4.69, 9.17) is 5.14 Å². The molecule has 23 heavy (non-hydrogen) atoms. The minimum absolute atomic E-state index is 0.0394. The standard InChI is InChI=1S/C16H19N3O3S/c1-11-3-7-14(8-4-11)19-16(20)18-12(2)13-5-9-15(10-6-13)23(17,21)22/h3-10,12H,1-2H3,(H2,17,21,22)(H2,18,19,20). The molecule has 1 unspecified atom stereocenters. The van der Waals surface area contributed by atoms with Crippen LogP contribution in [-0.4, -0.2) is 14.4 Å². The molecule has 122 valence electrons. The van der Waals surface area contributed by atoms with Crippen molar-refractivity contribution in [1.29, 1.82) is 0 Å². The van der Waals surface area contributed by atoms with Gasteiger partial charge in [-0.25, -0.2) is 18.4 Å². The molecule has 0 aromatic heterocycles. The van der Waals surface area contributed by atoms with Gasteiger partial charge in [0, 0.05) is 5.69 Å². The maximum atomic E-state index is 12.0. The SMILES string of the molecule is Cc1ccc(NC(=O)NC(C)c2ccc(S(N)(=O)=O)cc2)cc1. The third-order valence-corrected chi connectivity index (χ3v) is 4.29. The van der Waals surface area contributed by atoms with Crippen LogP contribution in [0.15, 0.2) is 53.4 Å². The Labute approximate surface area is 135 Å². The lowest BCUT2D eigenvalue weighted by molar-refractivity contribution is 0.249. The van der Waals surface area contributed by atoms with Crippen molar-refractivity contribution in [1.82, 2.24) is 5.32 Å². The van der Waals surface area contributed by atoms with Gasteiger partial charge in [-0.15, -0.1) is 0 Å². The third kappa shape index (κ3) is 4.80. The number of anilines is 1. The first-order valence-corrected chi connectivity index (χ1v) is 8.57. The Kier molecular flexibility index (Phi) is 5.02. The number of sulfonamides is 1. The largest absolute Gasteiger partial charge is 0.331 e. The Morgan fingerprint density at radius 1 is 1.04 bits per heavy atom. The summed E-state index contributed by atoms with van der Waals surface area (Å²) in [5, 5.41) is 10.6. The summed E-state index contributed by atoms with van der Waals surface area (Å²) in [4.78, 5) is 12.0. The summed E-state index contributed by atoms with van der Waals surface area (Å²) in [6.45, 7) is 3.78. The van der Waals surface area contributed by atoms with Crippen molar-refractivity contribution >= 4 is 21.7 Å². The van der Waals surface area contributed by atoms with Crippen LogP contribution >= 0.6 is 0 Å². The van der Waals surface area contributed by atoms with E-state index in [0.717, 1.165) is 11.1 Å². The van der Waals surface area contributed by atoms with Gasteiger partial charge >= 0.3 is 6.03 Å². The monoisotopic (exact) mass is 333 g/mol. The van der Waals surface area contributed by atoms with Crippen LogP contribution in [0.1, 0.15) is 24.1 Å². The topological polar surface area (TPSA) is 101 Å². The van der Waals surface area contributed by atoms with Crippen LogP contribution in [0.5, 0.6) is 0 Å². The minimum Gasteiger partial charge on any atom is -0.331 e. The highest BCUT2D eigenvalue weighted by molar-refractivity contribution is 7.89. The van der Waals surface area contributed by atoms with E-state index >= 15 is 0 Å². The number of urea groups is 1. The fourth-order valence-electron chi connectivity index (χ4n) is 2.03. The van der Waals surface area contributed by atoms with E-state index in [-0.39, 0.29) is 17.0 Å². The number of rotatable bonds is 4. The zero-order chi connectivity index (χ0) is 17.0. The normalized spacial score (nSPS) is 12.5. The van der Waals surface area contributed by atoms with Gasteiger partial charge in [0.2, 0.25) is 10.0 Å². The van der Waals surface area contributed by atoms with E-state index < -0.39 is 10.0 Å². The molecule has 0 fully saturated rings. The van der Waals surface area contributed by atoms with Gasteiger partial charge in [0.15, 0.2) is 0 Å². The third-order valence-electron chi connectivity index (χ3n) is 3.37. The lowest BCUT2D eigenvalue weighted by Gasteiger charge is -2.15. The van der Waals surface area contributed by atoms with Crippen molar-refractivity contribution in [2.75, 3.05) is 5.32 Å². The minimum atomic E-state index is -3.71. The van der Waals surface area contributed by atoms with Crippen LogP contribution in [-0.2, 0) is 10.0 Å². The van der Waals surface area contributed by atoms with E-state index in [2.05, 4.69) is 10.6 Å². The molecule has 1 atom stereocenters. The van der Waals surface area contributed by atoms with Gasteiger partial charge in [-0.1, -0.05) is 29.8 Å². The van der Waals surface area contributed by atoms with Crippen molar-refractivity contribution in [3.05, 3.63) is 59.7 Å². The highest BCUT2D eigenvalue weighted by Gasteiger charge is 2.12. The second kappa shape index (κ2) is 6.80. The molecule has 0 aliphatic carbocycles. The van der Waals surface area contributed by atoms with Gasteiger partial charge in [0.25, 0.3) is 0 Å². The van der Waals surface area contributed by atoms with Crippen molar-refractivity contribution in [2.24, 2.45) is 5.14 Å². The maximum absolute atomic E-state index is 12.0. The molecule has 0 spiro atoms. The number of benzene rings is 2. The Hall–Kier alpha value is -2.38. The Morgan fingerprint density at radius 2 is 1.61 bits per heavy atom. The zero-order valence-corrected chi connectivity index (χ0v) is 13.7. The molecule has 0 aliphatic rings. The molecule has 6 nitrogen and oxygen atoms in total. The van der Waals surface area contributed by atoms with Gasteiger partial charge < -0.3 is 10.6 Å². The van der Waals surface area contributed by atoms with E-state index in [1.54, 1.807) is 19.1 Å². The lowest BCUT2D eigenvalue weighted by Crippen LogP contribution is -2.31. The van der Waals surface area contributed by atoms with Gasteiger partial charge in [0.05, 0.1) is 10.9 Å². The number of aryl methyl sites for hydroxylation is 1. The summed E-state index contributed by atoms with van der Waals surface area (Å²) in [6.07, 6.45) is 0. The van der Waals surface area contributed by atoms with Crippen molar-refractivity contribution in [3.8, 4) is 0 Å². The van der Waals surface area contributed by atoms with Crippen LogP contribution in [0.2, 0.25) is 0 Å². The van der Waals surface area contributed by atoms with E-state index in [0.29, 0.717) is 5.69 Å². The van der Waals surface area contributed by atoms with Crippen molar-refractivity contribution in [2.45, 2.75) is 24.8 Å². The highest BCUT2D eigenvalue weighted by atomic mass is 32.2. The number of hydrogen-bond acceptors (Lipinski definition) is 3. The second-order valence-electron chi connectivity index (χ2n) is 5.30. The molecular formula is C16H19N3O3S. The number of amides is 2. The average molecular weight is 333 g/mol. The molecule has 2 aromatic carbocycles. The Morgan fingerprint density at radius 3 is 2.13 bits per heavy atom. The Balaban J connectivity index is 1.99. The van der Waals surface area contributed by atoms with Crippen molar-refractivity contribution in [3.63, 3.8) is 0 Å². The number of nitrogens with two attached hydrogens (primary N) is 1. The highest BCUT2D eigenvalue weighted by Crippen LogP contribution is 2.16. The van der Waals surface area contributed by atoms with Gasteiger partial charge in [0.1, 0.15) is 0 Å². The first-order chi connectivity index (χ1) is 10.8. The van der Waals surface area contributed by atoms with E-state index in [9.17, 15) is 13.2 Å². The molecule has 2 rings (SSSR count). The zero-order valence-electron chi connectivity index (χ0n) is 12.9. The predicted molar refractivity (Wildman–Crippen MR) is 89.6 cm³/mol. The van der Waals surface area contributed by atoms with E-state index in [1.165, 1.54) is 12.1 Å². The summed E-state index contributed by atoms with van der Waals surface area (Å²) < 4.78 is 22.4. The first kappa shape index (κ1) is 17.0. The second-order valence-corrected chi connectivity index (χ2v) is 6.86. The van der Waals surface area contributed by atoms with Crippen LogP contribution in [0.25, 0.3) is 0 Å². The van der Waals surface area contributed by atoms with Crippen LogP contribution in [0.3, 0.4) is 0 Å². The van der Waals surface area contributed by atoms with Crippen molar-refractivity contribution < 1.29 is 13.2 Å². The number of primary sulfonamides is 1. The maximum Gasteiger partial charge on any atom is 0.319 e. The van der Waals surface area contributed by atoms with Crippen LogP contribution in [0, 0.1) is 6.92 Å². The summed E-state index contributed by atoms with van der Waals surface area (Å²) in [7, 11) is -3.71. The fraction of sp³-hybridized carbons (Fsp3) is 0.188. The summed E-state index contributed by atoms with van der Waals surface area (Å²) in [5.74, 6) is 0. The summed E-state index contributed by atoms with van der Waals surface area (Å²) in [5.41, 5.74) is 2.58. The average Bonchev–Trinajstić information content (AvgIpc) is 2.49. The predicted octanol–water partition coefficient (Wildman–Crippen LogP) is 2.53. The molecule has 0 saturated heterocycles. The quantitative estimate of drug-likeness (QED) is 0.801. The number of carbonyl (C=O) groups excluding carboxylic acids is 1. The number of nitrogens with one attached hydrogen (secondary N) is 2. The molecule has 0 saturated carbocycles. The smallest absolute Gasteiger partial charge is 0.319 e. The summed E-state index contributed by atoms with van der Waals surface area (Å²) >= 11 is 0. The molecule has 0 heterocycles. The Bertz CT molecular complexity index is 784. The number of carbonyl (C=O) groups is 1. The number of hydrogen-bond donors (Lipinski definition) is 3. The van der Waals surface area contributed by atoms with Crippen LogP contribution in [0.4, 0.5) is 10.5 Å². The molecular weight excluding hydrogens is 314 g/mol. The first-order valence-electron chi connectivity index (χ1n) is 7.02. The molecule has 4 N–H and O–H groups in total. The lowest BCUT2D eigenvalue weighted by atomic mass is 10.1. The van der Waals surface area contributed by atoms with Gasteiger partial charge in [-0.2, -0.15) is 0 Å². The molecule has 0 aliphatic heterocycles. The van der Waals surface area contributed by atoms with Gasteiger partial charge in [-0.3, -0.25) is 0 Å². The summed E-state index contributed by atoms with van der Waals surface area (Å²) in [6, 6.07) is 12.9. The molecule has 7 heteroatoms. The van der Waals surface area contributed by atoms with Crippen LogP contribution < -0.4 is 15.8 Å².